The molecule has 1 unspecified atom stereocenters. The van der Waals surface area contributed by atoms with E-state index in [9.17, 15) is 19.8 Å². The summed E-state index contributed by atoms with van der Waals surface area (Å²) < 4.78 is 0. The van der Waals surface area contributed by atoms with Crippen molar-refractivity contribution in [1.29, 1.82) is 0 Å². The Kier molecular flexibility index (Phi) is 12.6. The topological polar surface area (TPSA) is 80.3 Å². The Morgan fingerprint density at radius 2 is 1.73 bits per heavy atom. The Labute approximate surface area is 120 Å². The molecule has 0 spiro atoms. The van der Waals surface area contributed by atoms with Gasteiger partial charge in [-0.3, -0.25) is 0 Å². The zero-order chi connectivity index (χ0) is 11.0. The van der Waals surface area contributed by atoms with Gasteiger partial charge in [-0.15, -0.1) is 0 Å². The first-order valence-corrected chi connectivity index (χ1v) is 4.98. The van der Waals surface area contributed by atoms with Crippen LogP contribution in [0.3, 0.4) is 0 Å². The van der Waals surface area contributed by atoms with Gasteiger partial charge in [0.25, 0.3) is 0 Å². The minimum absolute atomic E-state index is 0. The zero-order valence-corrected chi connectivity index (χ0v) is 11.4. The maximum atomic E-state index is 10.5. The number of aliphatic carboxylic acids is 2. The van der Waals surface area contributed by atoms with Gasteiger partial charge in [0.05, 0.1) is 0 Å². The van der Waals surface area contributed by atoms with E-state index < -0.39 is 24.3 Å². The molecular formula is C10H16CaO4. The second-order valence-electron chi connectivity index (χ2n) is 3.44. The Morgan fingerprint density at radius 1 is 1.13 bits per heavy atom. The smallest absolute Gasteiger partial charge is 0.550 e. The molecule has 0 N–H and O–H groups in total. The molecule has 4 nitrogen and oxygen atoms in total. The van der Waals surface area contributed by atoms with Crippen LogP contribution in [0.4, 0.5) is 0 Å². The molecule has 0 aliphatic carbocycles. The monoisotopic (exact) mass is 240 g/mol. The number of hydrogen-bond acceptors (Lipinski definition) is 4. The van der Waals surface area contributed by atoms with Crippen molar-refractivity contribution in [3.05, 3.63) is 0 Å². The molecule has 0 rings (SSSR count). The molecule has 0 amide bonds. The molecule has 1 atom stereocenters. The van der Waals surface area contributed by atoms with Crippen LogP contribution in [0.25, 0.3) is 0 Å². The van der Waals surface area contributed by atoms with Gasteiger partial charge < -0.3 is 19.8 Å². The van der Waals surface area contributed by atoms with E-state index in [4.69, 9.17) is 0 Å². The first-order chi connectivity index (χ1) is 6.57. The number of carbonyl (C=O) groups excluding carboxylic acids is 2. The van der Waals surface area contributed by atoms with Crippen molar-refractivity contribution in [2.75, 3.05) is 0 Å². The van der Waals surface area contributed by atoms with Crippen molar-refractivity contribution in [1.82, 2.24) is 0 Å². The Balaban J connectivity index is 0. The van der Waals surface area contributed by atoms with Crippen molar-refractivity contribution < 1.29 is 19.8 Å². The Hall–Kier alpha value is 0.200. The summed E-state index contributed by atoms with van der Waals surface area (Å²) in [6.07, 6.45) is 3.72. The van der Waals surface area contributed by atoms with Gasteiger partial charge in [0.15, 0.2) is 0 Å². The third-order valence-corrected chi connectivity index (χ3v) is 2.15. The molecule has 0 heterocycles. The molecule has 0 aliphatic rings. The van der Waals surface area contributed by atoms with Crippen LogP contribution in [-0.2, 0) is 9.59 Å². The van der Waals surface area contributed by atoms with Crippen LogP contribution in [-0.4, -0.2) is 49.7 Å². The number of carboxylic acids is 2. The van der Waals surface area contributed by atoms with Crippen molar-refractivity contribution in [2.45, 2.75) is 45.4 Å². The average molecular weight is 240 g/mol. The summed E-state index contributed by atoms with van der Waals surface area (Å²) in [7, 11) is 0. The van der Waals surface area contributed by atoms with Crippen LogP contribution >= 0.6 is 0 Å². The number of unbranched alkanes of at least 4 members (excludes halogenated alkanes) is 3. The molecule has 0 radical (unpaired) electrons. The molecule has 0 aromatic heterocycles. The molecular weight excluding hydrogens is 224 g/mol. The second kappa shape index (κ2) is 10.7. The van der Waals surface area contributed by atoms with E-state index >= 15 is 0 Å². The summed E-state index contributed by atoms with van der Waals surface area (Å²) in [5, 5.41) is 20.7. The molecule has 0 aromatic carbocycles. The zero-order valence-electron chi connectivity index (χ0n) is 9.16. The van der Waals surface area contributed by atoms with Crippen LogP contribution in [0.1, 0.15) is 45.4 Å². The molecule has 0 aliphatic heterocycles. The van der Waals surface area contributed by atoms with Gasteiger partial charge in [0.2, 0.25) is 0 Å². The Morgan fingerprint density at radius 3 is 2.13 bits per heavy atom. The predicted molar refractivity (Wildman–Crippen MR) is 52.6 cm³/mol. The van der Waals surface area contributed by atoms with Gasteiger partial charge in [-0.05, 0) is 12.8 Å². The quantitative estimate of drug-likeness (QED) is 0.406. The summed E-state index contributed by atoms with van der Waals surface area (Å²) in [4.78, 5) is 20.7. The fourth-order valence-electron chi connectivity index (χ4n) is 1.32. The first-order valence-electron chi connectivity index (χ1n) is 4.98. The predicted octanol–water partition coefficient (Wildman–Crippen LogP) is -0.918. The fourth-order valence-corrected chi connectivity index (χ4v) is 1.32. The van der Waals surface area contributed by atoms with Gasteiger partial charge in [0, 0.05) is 17.9 Å². The van der Waals surface area contributed by atoms with Crippen molar-refractivity contribution in [3.8, 4) is 0 Å². The van der Waals surface area contributed by atoms with Crippen LogP contribution in [0.15, 0.2) is 0 Å². The maximum absolute atomic E-state index is 10.5. The standard InChI is InChI=1S/C10H18O4.Ca/c1-2-3-4-5-6-8(10(13)14)7-9(11)12;/h8H,2-7H2,1H3,(H,11,12)(H,13,14);/q;+2/p-2. The second-order valence-corrected chi connectivity index (χ2v) is 3.44. The third kappa shape index (κ3) is 10.5. The minimum Gasteiger partial charge on any atom is -0.550 e. The van der Waals surface area contributed by atoms with E-state index in [1.807, 2.05) is 0 Å². The van der Waals surface area contributed by atoms with Crippen molar-refractivity contribution in [2.24, 2.45) is 5.92 Å². The van der Waals surface area contributed by atoms with E-state index in [2.05, 4.69) is 6.92 Å². The number of rotatable bonds is 8. The number of carboxylic acid groups (broad SMARTS) is 2. The molecule has 0 saturated heterocycles. The van der Waals surface area contributed by atoms with Gasteiger partial charge in [0.1, 0.15) is 0 Å². The van der Waals surface area contributed by atoms with E-state index in [0.717, 1.165) is 25.7 Å². The van der Waals surface area contributed by atoms with Crippen LogP contribution in [0.5, 0.6) is 0 Å². The minimum atomic E-state index is -1.32. The average Bonchev–Trinajstić information content (AvgIpc) is 2.09. The summed E-state index contributed by atoms with van der Waals surface area (Å²) in [5.41, 5.74) is 0. The van der Waals surface area contributed by atoms with Crippen LogP contribution in [0.2, 0.25) is 0 Å². The Bertz CT molecular complexity index is 194. The van der Waals surface area contributed by atoms with E-state index in [0.29, 0.717) is 6.42 Å². The largest absolute Gasteiger partial charge is 2.00 e. The normalized spacial score (nSPS) is 11.5. The molecule has 82 valence electrons. The molecule has 5 heteroatoms. The molecule has 0 fully saturated rings. The first kappa shape index (κ1) is 17.6. The van der Waals surface area contributed by atoms with Crippen molar-refractivity contribution in [3.63, 3.8) is 0 Å². The van der Waals surface area contributed by atoms with Gasteiger partial charge in [-0.25, -0.2) is 0 Å². The SMILES string of the molecule is CCCCCCC(CC(=O)[O-])C(=O)[O-].[Ca+2]. The van der Waals surface area contributed by atoms with E-state index in [-0.39, 0.29) is 37.7 Å². The molecule has 0 saturated carbocycles. The summed E-state index contributed by atoms with van der Waals surface area (Å²) in [6.45, 7) is 2.05. The maximum Gasteiger partial charge on any atom is 2.00 e. The van der Waals surface area contributed by atoms with Crippen LogP contribution < -0.4 is 10.2 Å². The number of hydrogen-bond donors (Lipinski definition) is 0. The van der Waals surface area contributed by atoms with Gasteiger partial charge >= 0.3 is 37.7 Å². The summed E-state index contributed by atoms with van der Waals surface area (Å²) in [6, 6.07) is 0. The summed E-state index contributed by atoms with van der Waals surface area (Å²) in [5.74, 6) is -3.50. The van der Waals surface area contributed by atoms with Crippen LogP contribution in [0, 0.1) is 5.92 Å². The molecule has 15 heavy (non-hydrogen) atoms. The van der Waals surface area contributed by atoms with E-state index in [1.165, 1.54) is 0 Å². The molecule has 0 aromatic rings. The number of carbonyl (C=O) groups is 2. The van der Waals surface area contributed by atoms with Crippen molar-refractivity contribution >= 4 is 49.7 Å². The van der Waals surface area contributed by atoms with Gasteiger partial charge in [-0.1, -0.05) is 32.6 Å². The van der Waals surface area contributed by atoms with Gasteiger partial charge in [-0.2, -0.15) is 0 Å². The van der Waals surface area contributed by atoms with E-state index in [1.54, 1.807) is 0 Å². The third-order valence-electron chi connectivity index (χ3n) is 2.15. The summed E-state index contributed by atoms with van der Waals surface area (Å²) >= 11 is 0. The fraction of sp³-hybridized carbons (Fsp3) is 0.800. The molecule has 0 bridgehead atoms.